The van der Waals surface area contributed by atoms with E-state index in [0.717, 1.165) is 84.1 Å². The Kier molecular flexibility index (Phi) is 10.4. The van der Waals surface area contributed by atoms with E-state index >= 15 is 0 Å². The smallest absolute Gasteiger partial charge is 0.131 e. The molecule has 0 fully saturated rings. The fraction of sp³-hybridized carbons (Fsp3) is 0.0323. The summed E-state index contributed by atoms with van der Waals surface area (Å²) in [7, 11) is 0. The summed E-state index contributed by atoms with van der Waals surface area (Å²) in [5.41, 5.74) is 17.3. The lowest BCUT2D eigenvalue weighted by molar-refractivity contribution is 0.409. The van der Waals surface area contributed by atoms with Gasteiger partial charge in [0.1, 0.15) is 18.2 Å². The van der Waals surface area contributed by atoms with Crippen LogP contribution in [0.4, 0.5) is 0 Å². The molecule has 318 valence electrons. The second kappa shape index (κ2) is 17.4. The molecule has 0 aliphatic carbocycles. The quantitative estimate of drug-likeness (QED) is 0.152. The van der Waals surface area contributed by atoms with Gasteiger partial charge in [-0.05, 0) is 52.1 Å². The Morgan fingerprint density at radius 2 is 0.806 bits per heavy atom. The fourth-order valence-electron chi connectivity index (χ4n) is 9.77. The molecule has 3 heterocycles. The number of benzene rings is 9. The first kappa shape index (κ1) is 39.9. The summed E-state index contributed by atoms with van der Waals surface area (Å²) in [5, 5.41) is 10.2. The van der Waals surface area contributed by atoms with Crippen LogP contribution in [0.2, 0.25) is 0 Å². The van der Waals surface area contributed by atoms with Gasteiger partial charge in [-0.3, -0.25) is 5.32 Å². The maximum Gasteiger partial charge on any atom is 0.131 e. The van der Waals surface area contributed by atoms with Crippen LogP contribution in [0.3, 0.4) is 0 Å². The SMILES string of the molecule is c1ccc(-c2nc(-c3ccccc3)c(-c3ccccc3)c(-c3ccc(C4NC(c5cccc(-n6c7ccccc7c7ccccc76)c5)=NC(c5ccccc5)N4)cc3)c2-c2ccccc2)cc1. The zero-order chi connectivity index (χ0) is 44.5. The lowest BCUT2D eigenvalue weighted by Gasteiger charge is -2.32. The number of aliphatic imine (C=N–C) groups is 1. The van der Waals surface area contributed by atoms with Crippen LogP contribution in [0, 0.1) is 0 Å². The van der Waals surface area contributed by atoms with Crippen LogP contribution in [0.25, 0.3) is 83.4 Å². The number of para-hydroxylation sites is 2. The average molecular weight is 860 g/mol. The lowest BCUT2D eigenvalue weighted by Crippen LogP contribution is -2.45. The van der Waals surface area contributed by atoms with Crippen molar-refractivity contribution in [2.75, 3.05) is 0 Å². The number of aromatic nitrogens is 2. The average Bonchev–Trinajstić information content (AvgIpc) is 3.76. The normalized spacial score (nSPS) is 14.7. The maximum absolute atomic E-state index is 5.63. The molecule has 5 heteroatoms. The van der Waals surface area contributed by atoms with E-state index in [2.05, 4.69) is 264 Å². The Hall–Kier alpha value is -8.64. The first-order valence-electron chi connectivity index (χ1n) is 22.9. The summed E-state index contributed by atoms with van der Waals surface area (Å²) in [6, 6.07) is 88.2. The Morgan fingerprint density at radius 1 is 0.358 bits per heavy atom. The predicted octanol–water partition coefficient (Wildman–Crippen LogP) is 14.9. The summed E-state index contributed by atoms with van der Waals surface area (Å²) >= 11 is 0. The zero-order valence-electron chi connectivity index (χ0n) is 36.7. The van der Waals surface area contributed by atoms with Gasteiger partial charge in [0.15, 0.2) is 0 Å². The number of hydrogen-bond acceptors (Lipinski definition) is 4. The summed E-state index contributed by atoms with van der Waals surface area (Å²) in [6.07, 6.45) is -0.529. The van der Waals surface area contributed by atoms with Crippen molar-refractivity contribution in [3.63, 3.8) is 0 Å². The van der Waals surface area contributed by atoms with E-state index in [9.17, 15) is 0 Å². The van der Waals surface area contributed by atoms with Crippen LogP contribution < -0.4 is 10.6 Å². The first-order valence-corrected chi connectivity index (χ1v) is 22.9. The molecule has 0 amide bonds. The predicted molar refractivity (Wildman–Crippen MR) is 277 cm³/mol. The van der Waals surface area contributed by atoms with Crippen LogP contribution in [0.1, 0.15) is 29.0 Å². The van der Waals surface area contributed by atoms with Gasteiger partial charge in [-0.25, -0.2) is 9.98 Å². The topological polar surface area (TPSA) is 54.2 Å². The van der Waals surface area contributed by atoms with E-state index in [-0.39, 0.29) is 12.3 Å². The Bertz CT molecular complexity index is 3400. The minimum atomic E-state index is -0.282. The van der Waals surface area contributed by atoms with Crippen LogP contribution >= 0.6 is 0 Å². The van der Waals surface area contributed by atoms with E-state index in [1.165, 1.54) is 21.8 Å². The highest BCUT2D eigenvalue weighted by Gasteiger charge is 2.28. The third-order valence-corrected chi connectivity index (χ3v) is 12.9. The van der Waals surface area contributed by atoms with Crippen molar-refractivity contribution >= 4 is 27.6 Å². The summed E-state index contributed by atoms with van der Waals surface area (Å²) in [6.45, 7) is 0. The molecule has 0 bridgehead atoms. The molecular formula is C62H45N5. The molecule has 1 aliphatic rings. The molecule has 2 unspecified atom stereocenters. The van der Waals surface area contributed by atoms with Gasteiger partial charge < -0.3 is 9.88 Å². The van der Waals surface area contributed by atoms with Gasteiger partial charge in [-0.15, -0.1) is 0 Å². The Balaban J connectivity index is 1.00. The van der Waals surface area contributed by atoms with Crippen LogP contribution in [0.5, 0.6) is 0 Å². The third kappa shape index (κ3) is 7.47. The van der Waals surface area contributed by atoms with Crippen molar-refractivity contribution in [2.24, 2.45) is 4.99 Å². The van der Waals surface area contributed by atoms with Crippen molar-refractivity contribution in [1.82, 2.24) is 20.2 Å². The number of rotatable bonds is 9. The molecule has 2 atom stereocenters. The molecule has 67 heavy (non-hydrogen) atoms. The van der Waals surface area contributed by atoms with E-state index in [1.807, 2.05) is 0 Å². The molecule has 9 aromatic carbocycles. The second-order valence-corrected chi connectivity index (χ2v) is 17.0. The highest BCUT2D eigenvalue weighted by atomic mass is 15.3. The zero-order valence-corrected chi connectivity index (χ0v) is 36.7. The van der Waals surface area contributed by atoms with Crippen molar-refractivity contribution in [2.45, 2.75) is 12.3 Å². The number of fused-ring (bicyclic) bond motifs is 3. The molecule has 0 spiro atoms. The van der Waals surface area contributed by atoms with E-state index < -0.39 is 0 Å². The van der Waals surface area contributed by atoms with E-state index in [0.29, 0.717) is 0 Å². The highest BCUT2D eigenvalue weighted by molar-refractivity contribution is 6.10. The molecule has 11 aromatic rings. The highest BCUT2D eigenvalue weighted by Crippen LogP contribution is 2.49. The van der Waals surface area contributed by atoms with Crippen LogP contribution in [-0.2, 0) is 0 Å². The van der Waals surface area contributed by atoms with Gasteiger partial charge in [-0.1, -0.05) is 224 Å². The van der Waals surface area contributed by atoms with E-state index in [4.69, 9.17) is 9.98 Å². The molecule has 12 rings (SSSR count). The monoisotopic (exact) mass is 859 g/mol. The summed E-state index contributed by atoms with van der Waals surface area (Å²) < 4.78 is 2.36. The van der Waals surface area contributed by atoms with E-state index in [1.54, 1.807) is 0 Å². The van der Waals surface area contributed by atoms with Gasteiger partial charge in [0.2, 0.25) is 0 Å². The van der Waals surface area contributed by atoms with Crippen LogP contribution in [-0.4, -0.2) is 15.4 Å². The second-order valence-electron chi connectivity index (χ2n) is 17.0. The molecule has 0 saturated heterocycles. The Morgan fingerprint density at radius 3 is 1.34 bits per heavy atom. The van der Waals surface area contributed by atoms with Crippen molar-refractivity contribution in [3.05, 3.63) is 265 Å². The maximum atomic E-state index is 5.63. The molecule has 0 radical (unpaired) electrons. The van der Waals surface area contributed by atoms with Crippen molar-refractivity contribution in [3.8, 4) is 61.6 Å². The standard InChI is InChI=1S/C62H45N5/c1-6-21-42(22-7-1)56-55(57(43-23-8-2-9-24-43)59(46-27-12-4-13-28-46)63-58(56)45-25-10-3-11-26-45)44-37-39-48(40-38-44)61-64-60(47-29-14-5-15-30-47)65-62(66-61)49-31-20-32-50(41-49)67-53-35-18-16-33-51(53)52-34-17-19-36-54(52)67/h1-41,60-61,64H,(H,65,66). The largest absolute Gasteiger partial charge is 0.350 e. The molecule has 2 N–H and O–H groups in total. The number of nitrogens with zero attached hydrogens (tertiary/aromatic N) is 3. The lowest BCUT2D eigenvalue weighted by atomic mass is 9.83. The number of hydrogen-bond donors (Lipinski definition) is 2. The summed E-state index contributed by atoms with van der Waals surface area (Å²) in [5.74, 6) is 0.830. The van der Waals surface area contributed by atoms with Crippen molar-refractivity contribution in [1.29, 1.82) is 0 Å². The van der Waals surface area contributed by atoms with Gasteiger partial charge in [0.25, 0.3) is 0 Å². The fourth-order valence-corrected chi connectivity index (χ4v) is 9.77. The minimum absolute atomic E-state index is 0.247. The molecule has 1 aliphatic heterocycles. The molecule has 2 aromatic heterocycles. The molecule has 5 nitrogen and oxygen atoms in total. The summed E-state index contributed by atoms with van der Waals surface area (Å²) in [4.78, 5) is 11.0. The first-order chi connectivity index (χ1) is 33.2. The minimum Gasteiger partial charge on any atom is -0.350 e. The van der Waals surface area contributed by atoms with Gasteiger partial charge in [0.05, 0.1) is 22.4 Å². The number of pyridine rings is 1. The molecular weight excluding hydrogens is 815 g/mol. The molecule has 0 saturated carbocycles. The van der Waals surface area contributed by atoms with Gasteiger partial charge in [0, 0.05) is 49.8 Å². The van der Waals surface area contributed by atoms with Crippen molar-refractivity contribution < 1.29 is 0 Å². The number of nitrogens with one attached hydrogen (secondary N) is 2. The van der Waals surface area contributed by atoms with Gasteiger partial charge >= 0.3 is 0 Å². The van der Waals surface area contributed by atoms with Crippen LogP contribution in [0.15, 0.2) is 254 Å². The third-order valence-electron chi connectivity index (χ3n) is 12.9. The Labute approximate surface area is 390 Å². The van der Waals surface area contributed by atoms with Gasteiger partial charge in [-0.2, -0.15) is 0 Å². The number of amidine groups is 1.